The first-order chi connectivity index (χ1) is 11.5. The molecular formula is C18H20N4O2. The van der Waals surface area contributed by atoms with Gasteiger partial charge in [0, 0.05) is 43.2 Å². The van der Waals surface area contributed by atoms with Gasteiger partial charge >= 0.3 is 0 Å². The first-order valence-corrected chi connectivity index (χ1v) is 7.98. The highest BCUT2D eigenvalue weighted by Gasteiger charge is 2.32. The molecule has 1 aromatic heterocycles. The number of amides is 2. The minimum absolute atomic E-state index is 0.0730. The first-order valence-electron chi connectivity index (χ1n) is 7.98. The molecule has 6 heteroatoms. The molecular weight excluding hydrogens is 304 g/mol. The Kier molecular flexibility index (Phi) is 4.55. The molecule has 24 heavy (non-hydrogen) atoms. The monoisotopic (exact) mass is 324 g/mol. The standard InChI is InChI=1S/C18H20N4O2/c1-11-3-4-14-15(18(24)22-16(14)7-11)9-17(23)21-12(2)8-13-10-19-5-6-20-13/h3-7,10,12,15H,8-9H2,1-2H3,(H,21,23)(H,22,24)/t12-,15-/m1/s1. The van der Waals surface area contributed by atoms with E-state index < -0.39 is 5.92 Å². The molecule has 0 saturated heterocycles. The van der Waals surface area contributed by atoms with Gasteiger partial charge in [-0.3, -0.25) is 19.6 Å². The molecule has 1 aliphatic heterocycles. The highest BCUT2D eigenvalue weighted by atomic mass is 16.2. The summed E-state index contributed by atoms with van der Waals surface area (Å²) in [5.41, 5.74) is 3.61. The van der Waals surface area contributed by atoms with Crippen LogP contribution < -0.4 is 10.6 Å². The number of benzene rings is 1. The number of rotatable bonds is 5. The summed E-state index contributed by atoms with van der Waals surface area (Å²) >= 11 is 0. The van der Waals surface area contributed by atoms with E-state index in [1.807, 2.05) is 32.0 Å². The number of carbonyl (C=O) groups excluding carboxylic acids is 2. The lowest BCUT2D eigenvalue weighted by atomic mass is 9.96. The molecule has 0 bridgehead atoms. The third-order valence-corrected chi connectivity index (χ3v) is 4.09. The smallest absolute Gasteiger partial charge is 0.232 e. The van der Waals surface area contributed by atoms with Crippen LogP contribution in [-0.2, 0) is 16.0 Å². The minimum atomic E-state index is -0.427. The molecule has 6 nitrogen and oxygen atoms in total. The Balaban J connectivity index is 1.60. The number of fused-ring (bicyclic) bond motifs is 1. The number of carbonyl (C=O) groups is 2. The Hall–Kier alpha value is -2.76. The number of hydrogen-bond acceptors (Lipinski definition) is 4. The average molecular weight is 324 g/mol. The lowest BCUT2D eigenvalue weighted by Crippen LogP contribution is -2.35. The van der Waals surface area contributed by atoms with Gasteiger partial charge in [-0.1, -0.05) is 12.1 Å². The van der Waals surface area contributed by atoms with Gasteiger partial charge in [-0.25, -0.2) is 0 Å². The second-order valence-corrected chi connectivity index (χ2v) is 6.21. The SMILES string of the molecule is Cc1ccc2c(c1)NC(=O)[C@@H]2CC(=O)N[C@H](C)Cc1cnccn1. The molecule has 3 rings (SSSR count). The number of aromatic nitrogens is 2. The summed E-state index contributed by atoms with van der Waals surface area (Å²) in [6.07, 6.45) is 5.68. The van der Waals surface area contributed by atoms with Gasteiger partial charge in [0.1, 0.15) is 0 Å². The van der Waals surface area contributed by atoms with Gasteiger partial charge < -0.3 is 10.6 Å². The minimum Gasteiger partial charge on any atom is -0.353 e. The summed E-state index contributed by atoms with van der Waals surface area (Å²) in [4.78, 5) is 32.7. The molecule has 0 unspecified atom stereocenters. The van der Waals surface area contributed by atoms with Crippen LogP contribution >= 0.6 is 0 Å². The van der Waals surface area contributed by atoms with Crippen LogP contribution in [-0.4, -0.2) is 27.8 Å². The topological polar surface area (TPSA) is 84.0 Å². The summed E-state index contributed by atoms with van der Waals surface area (Å²) in [5.74, 6) is -0.684. The highest BCUT2D eigenvalue weighted by molar-refractivity contribution is 6.05. The highest BCUT2D eigenvalue weighted by Crippen LogP contribution is 2.35. The molecule has 1 aromatic carbocycles. The van der Waals surface area contributed by atoms with E-state index in [9.17, 15) is 9.59 Å². The maximum absolute atomic E-state index is 12.3. The summed E-state index contributed by atoms with van der Waals surface area (Å²) in [7, 11) is 0. The second kappa shape index (κ2) is 6.78. The van der Waals surface area contributed by atoms with Crippen molar-refractivity contribution in [2.75, 3.05) is 5.32 Å². The van der Waals surface area contributed by atoms with Crippen LogP contribution in [0.25, 0.3) is 0 Å². The van der Waals surface area contributed by atoms with E-state index in [2.05, 4.69) is 20.6 Å². The third-order valence-electron chi connectivity index (χ3n) is 4.09. The fourth-order valence-electron chi connectivity index (χ4n) is 2.97. The second-order valence-electron chi connectivity index (χ2n) is 6.21. The third kappa shape index (κ3) is 3.59. The molecule has 0 spiro atoms. The van der Waals surface area contributed by atoms with Crippen LogP contribution in [0.15, 0.2) is 36.8 Å². The molecule has 2 aromatic rings. The largest absolute Gasteiger partial charge is 0.353 e. The summed E-state index contributed by atoms with van der Waals surface area (Å²) in [6.45, 7) is 3.89. The van der Waals surface area contributed by atoms with Crippen molar-refractivity contribution in [2.45, 2.75) is 38.6 Å². The molecule has 124 valence electrons. The van der Waals surface area contributed by atoms with Crippen LogP contribution in [0, 0.1) is 6.92 Å². The van der Waals surface area contributed by atoms with E-state index in [0.29, 0.717) is 6.42 Å². The quantitative estimate of drug-likeness (QED) is 0.880. The molecule has 0 aliphatic carbocycles. The molecule has 2 atom stereocenters. The van der Waals surface area contributed by atoms with Crippen molar-refractivity contribution in [3.8, 4) is 0 Å². The Morgan fingerprint density at radius 3 is 2.96 bits per heavy atom. The number of hydrogen-bond donors (Lipinski definition) is 2. The van der Waals surface area contributed by atoms with E-state index in [4.69, 9.17) is 0 Å². The average Bonchev–Trinajstić information content (AvgIpc) is 2.83. The Morgan fingerprint density at radius 2 is 2.21 bits per heavy atom. The lowest BCUT2D eigenvalue weighted by Gasteiger charge is -2.15. The van der Waals surface area contributed by atoms with Gasteiger partial charge in [-0.2, -0.15) is 0 Å². The Labute approximate surface area is 140 Å². The Morgan fingerprint density at radius 1 is 1.38 bits per heavy atom. The van der Waals surface area contributed by atoms with Crippen molar-refractivity contribution >= 4 is 17.5 Å². The fraction of sp³-hybridized carbons (Fsp3) is 0.333. The zero-order valence-electron chi connectivity index (χ0n) is 13.7. The van der Waals surface area contributed by atoms with Crippen molar-refractivity contribution in [2.24, 2.45) is 0 Å². The van der Waals surface area contributed by atoms with E-state index in [1.165, 1.54) is 0 Å². The molecule has 2 heterocycles. The maximum atomic E-state index is 12.3. The normalized spacial score (nSPS) is 17.1. The number of nitrogens with zero attached hydrogens (tertiary/aromatic N) is 2. The lowest BCUT2D eigenvalue weighted by molar-refractivity contribution is -0.125. The van der Waals surface area contributed by atoms with Crippen LogP contribution in [0.1, 0.15) is 36.1 Å². The molecule has 0 saturated carbocycles. The van der Waals surface area contributed by atoms with Gasteiger partial charge in [-0.15, -0.1) is 0 Å². The van der Waals surface area contributed by atoms with Crippen molar-refractivity contribution in [1.29, 1.82) is 0 Å². The molecule has 0 fully saturated rings. The predicted octanol–water partition coefficient (Wildman–Crippen LogP) is 1.96. The maximum Gasteiger partial charge on any atom is 0.232 e. The van der Waals surface area contributed by atoms with Crippen molar-refractivity contribution in [3.63, 3.8) is 0 Å². The van der Waals surface area contributed by atoms with Crippen LogP contribution in [0.4, 0.5) is 5.69 Å². The van der Waals surface area contributed by atoms with Crippen molar-refractivity contribution in [1.82, 2.24) is 15.3 Å². The van der Waals surface area contributed by atoms with E-state index in [-0.39, 0.29) is 24.3 Å². The van der Waals surface area contributed by atoms with Gasteiger partial charge in [0.15, 0.2) is 0 Å². The van der Waals surface area contributed by atoms with E-state index in [0.717, 1.165) is 22.5 Å². The fourth-order valence-corrected chi connectivity index (χ4v) is 2.97. The van der Waals surface area contributed by atoms with Crippen molar-refractivity contribution in [3.05, 3.63) is 53.6 Å². The predicted molar refractivity (Wildman–Crippen MR) is 90.5 cm³/mol. The number of aryl methyl sites for hydroxylation is 1. The first kappa shape index (κ1) is 16.1. The van der Waals surface area contributed by atoms with Gasteiger partial charge in [0.25, 0.3) is 0 Å². The molecule has 2 N–H and O–H groups in total. The summed E-state index contributed by atoms with van der Waals surface area (Å²) in [5, 5.41) is 5.78. The molecule has 0 radical (unpaired) electrons. The van der Waals surface area contributed by atoms with Crippen LogP contribution in [0.5, 0.6) is 0 Å². The Bertz CT molecular complexity index is 761. The van der Waals surface area contributed by atoms with Gasteiger partial charge in [0.05, 0.1) is 11.6 Å². The van der Waals surface area contributed by atoms with Crippen molar-refractivity contribution < 1.29 is 9.59 Å². The number of nitrogens with one attached hydrogen (secondary N) is 2. The van der Waals surface area contributed by atoms with E-state index >= 15 is 0 Å². The van der Waals surface area contributed by atoms with Crippen LogP contribution in [0.3, 0.4) is 0 Å². The number of anilines is 1. The van der Waals surface area contributed by atoms with Gasteiger partial charge in [0.2, 0.25) is 11.8 Å². The molecule has 2 amide bonds. The zero-order chi connectivity index (χ0) is 17.1. The van der Waals surface area contributed by atoms with Gasteiger partial charge in [-0.05, 0) is 31.0 Å². The molecule has 1 aliphatic rings. The zero-order valence-corrected chi connectivity index (χ0v) is 13.7. The van der Waals surface area contributed by atoms with Crippen LogP contribution in [0.2, 0.25) is 0 Å². The summed E-state index contributed by atoms with van der Waals surface area (Å²) < 4.78 is 0. The summed E-state index contributed by atoms with van der Waals surface area (Å²) in [6, 6.07) is 5.74. The van der Waals surface area contributed by atoms with E-state index in [1.54, 1.807) is 18.6 Å².